The minimum atomic E-state index is -4.60. The molecule has 0 spiro atoms. The number of nitro groups is 1. The summed E-state index contributed by atoms with van der Waals surface area (Å²) in [6, 6.07) is 13.9. The fourth-order valence-corrected chi connectivity index (χ4v) is 8.22. The molecule has 3 aromatic carbocycles. The zero-order valence-electron chi connectivity index (χ0n) is 22.9. The molecule has 0 saturated carbocycles. The number of carbonyl (C=O) groups is 3. The number of nitro benzene ring substituents is 1. The number of fused-ring (bicyclic) bond motifs is 2. The van der Waals surface area contributed by atoms with E-state index in [4.69, 9.17) is 4.74 Å². The van der Waals surface area contributed by atoms with E-state index in [0.29, 0.717) is 19.9 Å². The van der Waals surface area contributed by atoms with Gasteiger partial charge in [0.2, 0.25) is 11.8 Å². The molecule has 3 heterocycles. The number of hydrogen-bond donors (Lipinski definition) is 2. The highest BCUT2D eigenvalue weighted by atomic mass is 79.9. The fraction of sp³-hybridized carbons (Fsp3) is 0.172. The number of nitrogens with one attached hydrogen (secondary N) is 2. The van der Waals surface area contributed by atoms with Gasteiger partial charge in [-0.3, -0.25) is 29.3 Å². The summed E-state index contributed by atoms with van der Waals surface area (Å²) in [6.45, 7) is -0.613. The average Bonchev–Trinajstić information content (AvgIpc) is 3.50. The minimum absolute atomic E-state index is 0.0882. The second-order valence-corrected chi connectivity index (χ2v) is 13.2. The lowest BCUT2D eigenvalue weighted by Crippen LogP contribution is -2.32. The molecule has 1 aromatic heterocycles. The second kappa shape index (κ2) is 12.0. The van der Waals surface area contributed by atoms with E-state index in [9.17, 15) is 42.5 Å². The Morgan fingerprint density at radius 1 is 1.07 bits per heavy atom. The number of carbonyl (C=O) groups excluding carboxylic acids is 3. The van der Waals surface area contributed by atoms with Crippen LogP contribution >= 0.6 is 39.0 Å². The molecule has 236 valence electrons. The van der Waals surface area contributed by atoms with Crippen LogP contribution in [0.3, 0.4) is 0 Å². The second-order valence-electron chi connectivity index (χ2n) is 10.1. The number of amides is 3. The van der Waals surface area contributed by atoms with Gasteiger partial charge in [-0.25, -0.2) is 4.90 Å². The van der Waals surface area contributed by atoms with Gasteiger partial charge >= 0.3 is 11.0 Å². The maximum absolute atomic E-state index is 14.0. The highest BCUT2D eigenvalue weighted by Gasteiger charge is 2.57. The number of benzene rings is 3. The van der Waals surface area contributed by atoms with Gasteiger partial charge < -0.3 is 15.0 Å². The first-order valence-corrected chi connectivity index (χ1v) is 15.7. The molecule has 0 bridgehead atoms. The van der Waals surface area contributed by atoms with Crippen LogP contribution in [0.25, 0.3) is 0 Å². The number of rotatable bonds is 7. The molecule has 4 aromatic rings. The quantitative estimate of drug-likeness (QED) is 0.135. The van der Waals surface area contributed by atoms with Crippen molar-refractivity contribution in [2.75, 3.05) is 16.8 Å². The van der Waals surface area contributed by atoms with Gasteiger partial charge in [-0.05, 0) is 48.5 Å². The van der Waals surface area contributed by atoms with Gasteiger partial charge in [0.1, 0.15) is 11.0 Å². The third-order valence-electron chi connectivity index (χ3n) is 7.28. The molecule has 6 rings (SSSR count). The lowest BCUT2D eigenvalue weighted by molar-refractivity contribution is -0.384. The summed E-state index contributed by atoms with van der Waals surface area (Å²) in [5.41, 5.74) is -0.732. The van der Waals surface area contributed by atoms with Gasteiger partial charge in [0, 0.05) is 38.7 Å². The number of hydrogen-bond acceptors (Lipinski definition) is 9. The minimum Gasteiger partial charge on any atom is -0.483 e. The van der Waals surface area contributed by atoms with E-state index < -0.39 is 63.0 Å². The molecular weight excluding hydrogens is 717 g/mol. The predicted molar refractivity (Wildman–Crippen MR) is 165 cm³/mol. The van der Waals surface area contributed by atoms with E-state index in [-0.39, 0.29) is 22.8 Å². The van der Waals surface area contributed by atoms with Crippen molar-refractivity contribution in [2.45, 2.75) is 22.4 Å². The van der Waals surface area contributed by atoms with Crippen molar-refractivity contribution in [2.24, 2.45) is 5.92 Å². The van der Waals surface area contributed by atoms with E-state index in [1.807, 2.05) is 0 Å². The summed E-state index contributed by atoms with van der Waals surface area (Å²) in [7, 11) is 0. The summed E-state index contributed by atoms with van der Waals surface area (Å²) in [4.78, 5) is 67.2. The van der Waals surface area contributed by atoms with Gasteiger partial charge in [-0.15, -0.1) is 0 Å². The van der Waals surface area contributed by atoms with Crippen molar-refractivity contribution >= 4 is 73.8 Å². The number of alkyl halides is 3. The van der Waals surface area contributed by atoms with Crippen LogP contribution < -0.4 is 19.8 Å². The molecule has 1 fully saturated rings. The summed E-state index contributed by atoms with van der Waals surface area (Å²) in [5.74, 6) is -3.70. The largest absolute Gasteiger partial charge is 0.483 e. The standard InChI is InChI=1S/C29H18BrF3N4O7S2/c30-14-4-9-19(44-12-20(38)34-15-3-1-2-13(10-15)29(31,32)33)18(11-14)21-22-24(45-25-23(21)46-28(41)35-25)27(40)36(26(22)39)16-5-7-17(8-6-16)37(42)43/h1-11,21-22,24H,12H2,(H,34,38)(H,35,41)/t21-,22?,24?/m1/s1. The highest BCUT2D eigenvalue weighted by Crippen LogP contribution is 2.54. The van der Waals surface area contributed by atoms with Crippen molar-refractivity contribution in [3.8, 4) is 5.75 Å². The summed E-state index contributed by atoms with van der Waals surface area (Å²) in [6.07, 6.45) is -4.60. The number of thiazole rings is 1. The van der Waals surface area contributed by atoms with E-state index in [2.05, 4.69) is 26.2 Å². The van der Waals surface area contributed by atoms with Crippen molar-refractivity contribution in [3.05, 3.63) is 107 Å². The van der Waals surface area contributed by atoms with Crippen LogP contribution in [0.4, 0.5) is 30.2 Å². The van der Waals surface area contributed by atoms with Crippen LogP contribution in [0, 0.1) is 16.0 Å². The lowest BCUT2D eigenvalue weighted by Gasteiger charge is -2.31. The number of non-ortho nitro benzene ring substituents is 1. The Bertz CT molecular complexity index is 1970. The molecule has 46 heavy (non-hydrogen) atoms. The average molecular weight is 736 g/mol. The molecule has 17 heteroatoms. The number of aromatic nitrogens is 1. The van der Waals surface area contributed by atoms with Gasteiger partial charge in [-0.2, -0.15) is 13.2 Å². The molecule has 2 aliphatic heterocycles. The van der Waals surface area contributed by atoms with E-state index in [1.165, 1.54) is 36.4 Å². The van der Waals surface area contributed by atoms with Gasteiger partial charge in [0.25, 0.3) is 11.6 Å². The molecule has 2 N–H and O–H groups in total. The van der Waals surface area contributed by atoms with Crippen molar-refractivity contribution < 1.29 is 37.2 Å². The Kier molecular flexibility index (Phi) is 8.24. The van der Waals surface area contributed by atoms with E-state index in [0.717, 1.165) is 46.2 Å². The third-order valence-corrected chi connectivity index (χ3v) is 10.2. The SMILES string of the molecule is O=C(COc1ccc(Br)cc1[C@H]1c2sc(=O)[nH]c2SC2C(=O)N(c3ccc([N+](=O)[O-])cc3)C(=O)C21)Nc1cccc(C(F)(F)F)c1. The summed E-state index contributed by atoms with van der Waals surface area (Å²) in [5, 5.41) is 12.9. The molecule has 2 aliphatic rings. The molecule has 2 unspecified atom stereocenters. The number of imide groups is 1. The van der Waals surface area contributed by atoms with Gasteiger partial charge in [-0.1, -0.05) is 45.1 Å². The molecule has 1 saturated heterocycles. The van der Waals surface area contributed by atoms with Crippen LogP contribution in [0.1, 0.15) is 21.9 Å². The molecule has 0 radical (unpaired) electrons. The van der Waals surface area contributed by atoms with E-state index >= 15 is 0 Å². The fourth-order valence-electron chi connectivity index (χ4n) is 5.34. The first-order valence-electron chi connectivity index (χ1n) is 13.2. The van der Waals surface area contributed by atoms with Crippen LogP contribution in [0.15, 0.2) is 81.0 Å². The number of nitrogens with zero attached hydrogens (tertiary/aromatic N) is 2. The Balaban J connectivity index is 1.32. The Labute approximate surface area is 273 Å². The number of ether oxygens (including phenoxy) is 1. The number of aromatic amines is 1. The predicted octanol–water partition coefficient (Wildman–Crippen LogP) is 5.94. The molecule has 3 atom stereocenters. The summed E-state index contributed by atoms with van der Waals surface area (Å²) >= 11 is 5.30. The first-order chi connectivity index (χ1) is 21.8. The number of anilines is 2. The number of H-pyrrole nitrogens is 1. The molecule has 0 aliphatic carbocycles. The van der Waals surface area contributed by atoms with Crippen molar-refractivity contribution in [1.82, 2.24) is 4.98 Å². The van der Waals surface area contributed by atoms with Crippen LogP contribution in [-0.4, -0.2) is 39.5 Å². The maximum atomic E-state index is 14.0. The van der Waals surface area contributed by atoms with Crippen molar-refractivity contribution in [1.29, 1.82) is 0 Å². The number of halogens is 4. The normalized spacial score (nSPS) is 19.0. The van der Waals surface area contributed by atoms with Crippen molar-refractivity contribution in [3.63, 3.8) is 0 Å². The van der Waals surface area contributed by atoms with E-state index in [1.54, 1.807) is 12.1 Å². The van der Waals surface area contributed by atoms with Gasteiger partial charge in [0.05, 0.1) is 27.1 Å². The zero-order valence-corrected chi connectivity index (χ0v) is 26.1. The Hall–Kier alpha value is -4.48. The first kappa shape index (κ1) is 31.5. The summed E-state index contributed by atoms with van der Waals surface area (Å²) < 4.78 is 45.7. The Morgan fingerprint density at radius 3 is 2.50 bits per heavy atom. The zero-order chi connectivity index (χ0) is 32.9. The van der Waals surface area contributed by atoms with Crippen LogP contribution in [-0.2, 0) is 20.6 Å². The molecule has 3 amide bonds. The maximum Gasteiger partial charge on any atom is 0.416 e. The van der Waals surface area contributed by atoms with Crippen LogP contribution in [0.5, 0.6) is 5.75 Å². The topological polar surface area (TPSA) is 152 Å². The monoisotopic (exact) mass is 734 g/mol. The lowest BCUT2D eigenvalue weighted by atomic mass is 9.82. The molecular formula is C29H18BrF3N4O7S2. The third kappa shape index (κ3) is 5.92. The van der Waals surface area contributed by atoms with Gasteiger partial charge in [0.15, 0.2) is 6.61 Å². The Morgan fingerprint density at radius 2 is 1.80 bits per heavy atom. The van der Waals surface area contributed by atoms with Crippen LogP contribution in [0.2, 0.25) is 0 Å². The smallest absolute Gasteiger partial charge is 0.416 e. The number of thioether (sulfide) groups is 1. The molecule has 11 nitrogen and oxygen atoms in total. The highest BCUT2D eigenvalue weighted by molar-refractivity contribution is 9.10.